The van der Waals surface area contributed by atoms with Gasteiger partial charge in [0.15, 0.2) is 0 Å². The topological polar surface area (TPSA) is 52.3 Å². The fourth-order valence-corrected chi connectivity index (χ4v) is 3.79. The van der Waals surface area contributed by atoms with Crippen molar-refractivity contribution in [1.82, 2.24) is 0 Å². The van der Waals surface area contributed by atoms with E-state index < -0.39 is 10.8 Å². The molecular weight excluding hydrogens is 282 g/mol. The number of rotatable bonds is 6. The van der Waals surface area contributed by atoms with Crippen LogP contribution in [-0.2, 0) is 10.8 Å². The number of benzene rings is 2. The Hall–Kier alpha value is -1.65. The number of hydrogen-bond donors (Lipinski definition) is 1. The van der Waals surface area contributed by atoms with Crippen LogP contribution in [0.1, 0.15) is 24.9 Å². The van der Waals surface area contributed by atoms with Crippen LogP contribution in [0.15, 0.2) is 59.5 Å². The second-order valence-electron chi connectivity index (χ2n) is 4.86. The van der Waals surface area contributed by atoms with Crippen LogP contribution in [0.4, 0.5) is 0 Å². The van der Waals surface area contributed by atoms with Crippen molar-refractivity contribution < 1.29 is 8.95 Å². The van der Waals surface area contributed by atoms with Crippen LogP contribution in [0.3, 0.4) is 0 Å². The molecule has 0 heterocycles. The summed E-state index contributed by atoms with van der Waals surface area (Å²) in [5, 5.41) is -0.110. The van der Waals surface area contributed by atoms with Crippen LogP contribution in [0.5, 0.6) is 5.75 Å². The molecule has 112 valence electrons. The molecule has 0 aliphatic carbocycles. The average molecular weight is 303 g/mol. The first-order valence-electron chi connectivity index (χ1n) is 7.02. The monoisotopic (exact) mass is 303 g/mol. The summed E-state index contributed by atoms with van der Waals surface area (Å²) in [6.07, 6.45) is 0.759. The summed E-state index contributed by atoms with van der Waals surface area (Å²) in [6, 6.07) is 16.9. The maximum Gasteiger partial charge on any atom is 0.118 e. The van der Waals surface area contributed by atoms with Crippen molar-refractivity contribution in [1.29, 1.82) is 0 Å². The summed E-state index contributed by atoms with van der Waals surface area (Å²) in [4.78, 5) is 0.786. The van der Waals surface area contributed by atoms with Crippen LogP contribution in [0.25, 0.3) is 0 Å². The number of nitrogens with two attached hydrogens (primary N) is 1. The second kappa shape index (κ2) is 7.38. The molecule has 2 N–H and O–H groups in total. The number of hydrogen-bond acceptors (Lipinski definition) is 3. The number of ether oxygens (including phenoxy) is 1. The minimum absolute atomic E-state index is 0.110. The van der Waals surface area contributed by atoms with E-state index >= 15 is 0 Å². The molecule has 3 nitrogen and oxygen atoms in total. The molecule has 0 aliphatic rings. The highest BCUT2D eigenvalue weighted by Gasteiger charge is 2.24. The predicted octanol–water partition coefficient (Wildman–Crippen LogP) is 3.28. The van der Waals surface area contributed by atoms with Crippen molar-refractivity contribution in [2.75, 3.05) is 7.11 Å². The van der Waals surface area contributed by atoms with Gasteiger partial charge < -0.3 is 10.5 Å². The van der Waals surface area contributed by atoms with Crippen LogP contribution < -0.4 is 10.5 Å². The molecule has 3 atom stereocenters. The highest BCUT2D eigenvalue weighted by atomic mass is 32.2. The molecule has 0 amide bonds. The highest BCUT2D eigenvalue weighted by Crippen LogP contribution is 2.25. The molecule has 2 aromatic rings. The molecule has 0 fully saturated rings. The van der Waals surface area contributed by atoms with Crippen LogP contribution in [-0.4, -0.2) is 16.6 Å². The van der Waals surface area contributed by atoms with Crippen molar-refractivity contribution in [2.24, 2.45) is 5.73 Å². The normalized spacial score (nSPS) is 15.2. The third kappa shape index (κ3) is 3.71. The van der Waals surface area contributed by atoms with Crippen molar-refractivity contribution in [3.8, 4) is 5.75 Å². The van der Waals surface area contributed by atoms with Gasteiger partial charge in [0.1, 0.15) is 5.75 Å². The van der Waals surface area contributed by atoms with Crippen molar-refractivity contribution in [3.05, 3.63) is 60.2 Å². The van der Waals surface area contributed by atoms with E-state index in [1.165, 1.54) is 0 Å². The third-order valence-corrected chi connectivity index (χ3v) is 5.47. The molecule has 0 aliphatic heterocycles. The Bertz CT molecular complexity index is 583. The zero-order chi connectivity index (χ0) is 15.2. The maximum atomic E-state index is 12.8. The predicted molar refractivity (Wildman–Crippen MR) is 86.9 cm³/mol. The largest absolute Gasteiger partial charge is 0.497 e. The van der Waals surface area contributed by atoms with Gasteiger partial charge in [0.2, 0.25) is 0 Å². The first-order chi connectivity index (χ1) is 10.2. The minimum atomic E-state index is -1.14. The van der Waals surface area contributed by atoms with Gasteiger partial charge in [-0.25, -0.2) is 0 Å². The van der Waals surface area contributed by atoms with Crippen LogP contribution in [0, 0.1) is 0 Å². The summed E-state index contributed by atoms with van der Waals surface area (Å²) in [5.74, 6) is 0.760. The summed E-state index contributed by atoms with van der Waals surface area (Å²) < 4.78 is 17.9. The molecule has 0 saturated carbocycles. The van der Waals surface area contributed by atoms with Crippen molar-refractivity contribution in [2.45, 2.75) is 29.5 Å². The zero-order valence-corrected chi connectivity index (χ0v) is 13.2. The molecule has 4 heteroatoms. The van der Waals surface area contributed by atoms with E-state index in [2.05, 4.69) is 0 Å². The van der Waals surface area contributed by atoms with E-state index in [1.54, 1.807) is 7.11 Å². The van der Waals surface area contributed by atoms with E-state index in [0.29, 0.717) is 0 Å². The summed E-state index contributed by atoms with van der Waals surface area (Å²) in [7, 11) is 0.475. The van der Waals surface area contributed by atoms with Gasteiger partial charge in [0.05, 0.1) is 23.2 Å². The van der Waals surface area contributed by atoms with E-state index in [9.17, 15) is 4.21 Å². The Morgan fingerprint density at radius 3 is 2.24 bits per heavy atom. The third-order valence-electron chi connectivity index (χ3n) is 3.55. The molecule has 0 saturated heterocycles. The van der Waals surface area contributed by atoms with E-state index in [-0.39, 0.29) is 11.3 Å². The molecule has 3 unspecified atom stereocenters. The standard InChI is InChI=1S/C17H21NO2S/c1-3-16(17(18)13-7-5-4-6-8-13)21(19)15-11-9-14(20-2)10-12-15/h4-12,16-17H,3,18H2,1-2H3. The molecular formula is C17H21NO2S. The Morgan fingerprint density at radius 1 is 1.10 bits per heavy atom. The van der Waals surface area contributed by atoms with Gasteiger partial charge in [-0.2, -0.15) is 0 Å². The molecule has 21 heavy (non-hydrogen) atoms. The fraction of sp³-hybridized carbons (Fsp3) is 0.294. The Morgan fingerprint density at radius 2 is 1.71 bits per heavy atom. The summed E-state index contributed by atoms with van der Waals surface area (Å²) >= 11 is 0. The zero-order valence-electron chi connectivity index (χ0n) is 12.4. The summed E-state index contributed by atoms with van der Waals surface area (Å²) in [5.41, 5.74) is 7.35. The van der Waals surface area contributed by atoms with Gasteiger partial charge in [0, 0.05) is 10.9 Å². The fourth-order valence-electron chi connectivity index (χ4n) is 2.31. The molecule has 0 radical (unpaired) electrons. The van der Waals surface area contributed by atoms with Gasteiger partial charge in [-0.15, -0.1) is 0 Å². The lowest BCUT2D eigenvalue weighted by atomic mass is 10.0. The minimum Gasteiger partial charge on any atom is -0.497 e. The molecule has 0 aromatic heterocycles. The van der Waals surface area contributed by atoms with Crippen molar-refractivity contribution in [3.63, 3.8) is 0 Å². The molecule has 2 aromatic carbocycles. The van der Waals surface area contributed by atoms with Gasteiger partial charge in [-0.1, -0.05) is 37.3 Å². The molecule has 2 rings (SSSR count). The first kappa shape index (κ1) is 15.7. The lowest BCUT2D eigenvalue weighted by molar-refractivity contribution is 0.414. The highest BCUT2D eigenvalue weighted by molar-refractivity contribution is 7.85. The first-order valence-corrected chi connectivity index (χ1v) is 8.23. The van der Waals surface area contributed by atoms with Crippen molar-refractivity contribution >= 4 is 10.8 Å². The van der Waals surface area contributed by atoms with Crippen LogP contribution >= 0.6 is 0 Å². The Kier molecular flexibility index (Phi) is 5.53. The van der Waals surface area contributed by atoms with E-state index in [1.807, 2.05) is 61.5 Å². The SMILES string of the molecule is CCC(C(N)c1ccccc1)S(=O)c1ccc(OC)cc1. The van der Waals surface area contributed by atoms with E-state index in [0.717, 1.165) is 22.6 Å². The van der Waals surface area contributed by atoms with Gasteiger partial charge in [0.25, 0.3) is 0 Å². The molecule has 0 bridgehead atoms. The van der Waals surface area contributed by atoms with Gasteiger partial charge in [-0.05, 0) is 36.2 Å². The van der Waals surface area contributed by atoms with E-state index in [4.69, 9.17) is 10.5 Å². The quantitative estimate of drug-likeness (QED) is 0.891. The molecule has 0 spiro atoms. The maximum absolute atomic E-state index is 12.8. The van der Waals surface area contributed by atoms with Crippen LogP contribution in [0.2, 0.25) is 0 Å². The lowest BCUT2D eigenvalue weighted by Gasteiger charge is -2.22. The van der Waals surface area contributed by atoms with Gasteiger partial charge >= 0.3 is 0 Å². The second-order valence-corrected chi connectivity index (χ2v) is 6.53. The Balaban J connectivity index is 2.21. The lowest BCUT2D eigenvalue weighted by Crippen LogP contribution is -2.29. The van der Waals surface area contributed by atoms with Gasteiger partial charge in [-0.3, -0.25) is 4.21 Å². The Labute approximate surface area is 128 Å². The average Bonchev–Trinajstić information content (AvgIpc) is 2.56. The number of methoxy groups -OCH3 is 1. The smallest absolute Gasteiger partial charge is 0.118 e. The summed E-state index contributed by atoms with van der Waals surface area (Å²) in [6.45, 7) is 2.02.